The highest BCUT2D eigenvalue weighted by atomic mass is 33.1. The number of hydrogen-bond acceptors (Lipinski definition) is 2. The highest BCUT2D eigenvalue weighted by Gasteiger charge is 2.22. The van der Waals surface area contributed by atoms with Crippen LogP contribution in [0, 0.1) is 0 Å². The average molecular weight is 607 g/mol. The second-order valence-electron chi connectivity index (χ2n) is 11.1. The Bertz CT molecular complexity index is 1630. The summed E-state index contributed by atoms with van der Waals surface area (Å²) < 4.78 is 0. The smallest absolute Gasteiger partial charge is 0.0404 e. The molecule has 0 aliphatic heterocycles. The summed E-state index contributed by atoms with van der Waals surface area (Å²) in [6, 6.07) is 57.3. The van der Waals surface area contributed by atoms with Crippen molar-refractivity contribution < 1.29 is 0 Å². The largest absolute Gasteiger partial charge is 0.0853 e. The van der Waals surface area contributed by atoms with Gasteiger partial charge in [-0.05, 0) is 80.6 Å². The molecule has 0 aliphatic rings. The van der Waals surface area contributed by atoms with Gasteiger partial charge < -0.3 is 0 Å². The fourth-order valence-corrected chi connectivity index (χ4v) is 9.25. The van der Waals surface area contributed by atoms with Crippen molar-refractivity contribution in [2.24, 2.45) is 0 Å². The van der Waals surface area contributed by atoms with Gasteiger partial charge in [-0.1, -0.05) is 181 Å². The van der Waals surface area contributed by atoms with E-state index in [0.29, 0.717) is 10.5 Å². The lowest BCUT2D eigenvalue weighted by molar-refractivity contribution is 0.895. The molecule has 0 heterocycles. The Labute approximate surface area is 271 Å². The Hall–Kier alpha value is -3.98. The van der Waals surface area contributed by atoms with E-state index in [9.17, 15) is 0 Å². The summed E-state index contributed by atoms with van der Waals surface area (Å²) in [5.41, 5.74) is 13.1. The Morgan fingerprint density at radius 2 is 0.682 bits per heavy atom. The van der Waals surface area contributed by atoms with E-state index in [0.717, 1.165) is 12.8 Å². The molecule has 44 heavy (non-hydrogen) atoms. The molecule has 6 aromatic rings. The Morgan fingerprint density at radius 1 is 0.364 bits per heavy atom. The zero-order valence-corrected chi connectivity index (χ0v) is 27.0. The lowest BCUT2D eigenvalue weighted by atomic mass is 9.92. The predicted octanol–water partition coefficient (Wildman–Crippen LogP) is 13.3. The van der Waals surface area contributed by atoms with Gasteiger partial charge in [0.15, 0.2) is 0 Å². The van der Waals surface area contributed by atoms with Gasteiger partial charge in [-0.3, -0.25) is 0 Å². The van der Waals surface area contributed by atoms with Gasteiger partial charge >= 0.3 is 0 Å². The molecule has 0 fully saturated rings. The minimum atomic E-state index is 0.373. The molecule has 0 spiro atoms. The first-order valence-corrected chi connectivity index (χ1v) is 17.8. The molecule has 6 rings (SSSR count). The summed E-state index contributed by atoms with van der Waals surface area (Å²) in [7, 11) is 4.07. The maximum Gasteiger partial charge on any atom is 0.0404 e. The van der Waals surface area contributed by atoms with Crippen molar-refractivity contribution in [3.63, 3.8) is 0 Å². The molecular weight excluding hydrogens is 569 g/mol. The van der Waals surface area contributed by atoms with Crippen molar-refractivity contribution >= 4 is 21.6 Å². The number of hydrogen-bond donors (Lipinski definition) is 0. The predicted molar refractivity (Wildman–Crippen MR) is 196 cm³/mol. The van der Waals surface area contributed by atoms with Crippen LogP contribution in [0.2, 0.25) is 0 Å². The Balaban J connectivity index is 1.33. The van der Waals surface area contributed by atoms with E-state index in [1.807, 2.05) is 21.6 Å². The van der Waals surface area contributed by atoms with Crippen LogP contribution < -0.4 is 0 Å². The lowest BCUT2D eigenvalue weighted by Crippen LogP contribution is -1.99. The maximum atomic E-state index is 2.39. The zero-order chi connectivity index (χ0) is 30.1. The van der Waals surface area contributed by atoms with Gasteiger partial charge in [0.25, 0.3) is 0 Å². The number of rotatable bonds is 11. The minimum absolute atomic E-state index is 0.373. The SMILES string of the molecule is CC[C@@H](SS[C@H](CC)c1ccc(-c2ccccc2)cc1-c1ccccc1)c1ccc(-c2ccccc2)cc1-c1ccccc1. The van der Waals surface area contributed by atoms with E-state index in [2.05, 4.69) is 172 Å². The van der Waals surface area contributed by atoms with Crippen LogP contribution in [0.15, 0.2) is 158 Å². The summed E-state index contributed by atoms with van der Waals surface area (Å²) in [6.45, 7) is 4.65. The molecule has 0 aromatic heterocycles. The molecule has 0 bridgehead atoms. The van der Waals surface area contributed by atoms with E-state index < -0.39 is 0 Å². The fraction of sp³-hybridized carbons (Fsp3) is 0.143. The van der Waals surface area contributed by atoms with Crippen molar-refractivity contribution in [2.75, 3.05) is 0 Å². The fourth-order valence-electron chi connectivity index (χ4n) is 5.84. The Morgan fingerprint density at radius 3 is 1.00 bits per heavy atom. The first kappa shape index (κ1) is 30.1. The zero-order valence-electron chi connectivity index (χ0n) is 25.4. The monoisotopic (exact) mass is 606 g/mol. The first-order valence-electron chi connectivity index (χ1n) is 15.6. The first-order chi connectivity index (χ1) is 21.7. The summed E-state index contributed by atoms with van der Waals surface area (Å²) >= 11 is 0. The maximum absolute atomic E-state index is 2.39. The van der Waals surface area contributed by atoms with Crippen molar-refractivity contribution in [1.29, 1.82) is 0 Å². The molecule has 0 saturated carbocycles. The van der Waals surface area contributed by atoms with E-state index in [4.69, 9.17) is 0 Å². The normalized spacial score (nSPS) is 12.5. The molecular formula is C42H38S2. The van der Waals surface area contributed by atoms with Crippen molar-refractivity contribution in [1.82, 2.24) is 0 Å². The number of benzene rings is 6. The third-order valence-corrected chi connectivity index (χ3v) is 11.7. The molecule has 0 aliphatic carbocycles. The average Bonchev–Trinajstić information content (AvgIpc) is 3.11. The summed E-state index contributed by atoms with van der Waals surface area (Å²) in [4.78, 5) is 0. The van der Waals surface area contributed by atoms with E-state index in [1.165, 1.54) is 55.6 Å². The summed E-state index contributed by atoms with van der Waals surface area (Å²) in [5, 5.41) is 0.746. The molecule has 0 saturated heterocycles. The van der Waals surface area contributed by atoms with Gasteiger partial charge in [0.2, 0.25) is 0 Å². The summed E-state index contributed by atoms with van der Waals surface area (Å²) in [5.74, 6) is 0. The molecule has 0 amide bonds. The molecule has 218 valence electrons. The standard InChI is InChI=1S/C42H38S2/c1-3-41(37-27-25-35(31-17-9-5-10-18-31)29-39(37)33-21-13-7-14-22-33)43-44-42(4-2)38-28-26-36(32-19-11-6-12-20-32)30-40(38)34-23-15-8-16-24-34/h5-30,41-42H,3-4H2,1-2H3/t41-,42-/m1/s1. The third-order valence-electron chi connectivity index (χ3n) is 8.21. The Kier molecular flexibility index (Phi) is 10.0. The van der Waals surface area contributed by atoms with Crippen LogP contribution in [0.25, 0.3) is 44.5 Å². The molecule has 2 heteroatoms. The quantitative estimate of drug-likeness (QED) is 0.135. The highest BCUT2D eigenvalue weighted by molar-refractivity contribution is 8.76. The van der Waals surface area contributed by atoms with E-state index >= 15 is 0 Å². The van der Waals surface area contributed by atoms with Gasteiger partial charge in [-0.2, -0.15) is 0 Å². The van der Waals surface area contributed by atoms with Crippen LogP contribution in [0.3, 0.4) is 0 Å². The van der Waals surface area contributed by atoms with E-state index in [1.54, 1.807) is 0 Å². The van der Waals surface area contributed by atoms with Gasteiger partial charge in [0.05, 0.1) is 0 Å². The molecule has 6 aromatic carbocycles. The van der Waals surface area contributed by atoms with Crippen LogP contribution in [-0.4, -0.2) is 0 Å². The second-order valence-corrected chi connectivity index (χ2v) is 13.7. The molecule has 0 nitrogen and oxygen atoms in total. The van der Waals surface area contributed by atoms with Crippen LogP contribution in [0.4, 0.5) is 0 Å². The molecule has 0 unspecified atom stereocenters. The van der Waals surface area contributed by atoms with E-state index in [-0.39, 0.29) is 0 Å². The summed E-state index contributed by atoms with van der Waals surface area (Å²) in [6.07, 6.45) is 2.13. The highest BCUT2D eigenvalue weighted by Crippen LogP contribution is 2.52. The molecule has 0 radical (unpaired) electrons. The van der Waals surface area contributed by atoms with Gasteiger partial charge in [0, 0.05) is 10.5 Å². The van der Waals surface area contributed by atoms with Gasteiger partial charge in [-0.15, -0.1) is 0 Å². The molecule has 0 N–H and O–H groups in total. The second kappa shape index (κ2) is 14.7. The van der Waals surface area contributed by atoms with Crippen molar-refractivity contribution in [3.8, 4) is 44.5 Å². The van der Waals surface area contributed by atoms with Gasteiger partial charge in [-0.25, -0.2) is 0 Å². The van der Waals surface area contributed by atoms with Crippen molar-refractivity contribution in [2.45, 2.75) is 37.2 Å². The molecule has 2 atom stereocenters. The topological polar surface area (TPSA) is 0 Å². The van der Waals surface area contributed by atoms with Crippen LogP contribution in [0.1, 0.15) is 48.3 Å². The minimum Gasteiger partial charge on any atom is -0.0853 e. The van der Waals surface area contributed by atoms with Crippen LogP contribution >= 0.6 is 21.6 Å². The third kappa shape index (κ3) is 6.88. The van der Waals surface area contributed by atoms with Crippen LogP contribution in [-0.2, 0) is 0 Å². The van der Waals surface area contributed by atoms with Gasteiger partial charge in [0.1, 0.15) is 0 Å². The lowest BCUT2D eigenvalue weighted by Gasteiger charge is -2.24. The van der Waals surface area contributed by atoms with Crippen molar-refractivity contribution in [3.05, 3.63) is 169 Å². The van der Waals surface area contributed by atoms with Crippen LogP contribution in [0.5, 0.6) is 0 Å².